The predicted molar refractivity (Wildman–Crippen MR) is 106 cm³/mol. The predicted octanol–water partition coefficient (Wildman–Crippen LogP) is 3.06. The Morgan fingerprint density at radius 3 is 2.61 bits per heavy atom. The maximum Gasteiger partial charge on any atom is 0.338 e. The van der Waals surface area contributed by atoms with Crippen LogP contribution >= 0.6 is 0 Å². The Morgan fingerprint density at radius 2 is 1.86 bits per heavy atom. The first-order valence-corrected chi connectivity index (χ1v) is 9.12. The number of rotatable bonds is 7. The van der Waals surface area contributed by atoms with Crippen LogP contribution in [0, 0.1) is 0 Å². The van der Waals surface area contributed by atoms with Gasteiger partial charge in [0.15, 0.2) is 0 Å². The molecule has 0 fully saturated rings. The highest BCUT2D eigenvalue weighted by atomic mass is 16.5. The Kier molecular flexibility index (Phi) is 6.16. The molecular weight excluding hydrogens is 358 g/mol. The summed E-state index contributed by atoms with van der Waals surface area (Å²) in [4.78, 5) is 43.0. The van der Waals surface area contributed by atoms with E-state index in [0.29, 0.717) is 47.4 Å². The monoisotopic (exact) mass is 379 g/mol. The SMILES string of the molecule is CCOC(=O)c1ccc(NC(=O)CCCc2nc3ccccc3c(=O)[nH]2)cc1. The Bertz CT molecular complexity index is 1040. The van der Waals surface area contributed by atoms with Gasteiger partial charge in [0.05, 0.1) is 23.1 Å². The molecule has 0 aliphatic heterocycles. The molecule has 0 atom stereocenters. The minimum absolute atomic E-state index is 0.146. The maximum atomic E-state index is 12.1. The van der Waals surface area contributed by atoms with E-state index in [-0.39, 0.29) is 17.9 Å². The average Bonchev–Trinajstić information content (AvgIpc) is 2.69. The van der Waals surface area contributed by atoms with Gasteiger partial charge >= 0.3 is 5.97 Å². The van der Waals surface area contributed by atoms with E-state index in [1.54, 1.807) is 49.4 Å². The number of hydrogen-bond donors (Lipinski definition) is 2. The molecule has 0 bridgehead atoms. The number of nitrogens with zero attached hydrogens (tertiary/aromatic N) is 1. The fourth-order valence-electron chi connectivity index (χ4n) is 2.80. The molecular formula is C21H21N3O4. The van der Waals surface area contributed by atoms with E-state index in [1.807, 2.05) is 6.07 Å². The average molecular weight is 379 g/mol. The highest BCUT2D eigenvalue weighted by Gasteiger charge is 2.08. The fourth-order valence-corrected chi connectivity index (χ4v) is 2.80. The van der Waals surface area contributed by atoms with Gasteiger partial charge in [-0.05, 0) is 49.7 Å². The van der Waals surface area contributed by atoms with Crippen molar-refractivity contribution in [2.45, 2.75) is 26.2 Å². The van der Waals surface area contributed by atoms with Crippen LogP contribution in [0.1, 0.15) is 35.9 Å². The molecule has 0 saturated heterocycles. The summed E-state index contributed by atoms with van der Waals surface area (Å²) in [6, 6.07) is 13.7. The van der Waals surface area contributed by atoms with Gasteiger partial charge in [-0.1, -0.05) is 12.1 Å². The number of hydrogen-bond acceptors (Lipinski definition) is 5. The molecule has 1 heterocycles. The summed E-state index contributed by atoms with van der Waals surface area (Å²) in [6.45, 7) is 2.06. The first-order valence-electron chi connectivity index (χ1n) is 9.12. The van der Waals surface area contributed by atoms with E-state index < -0.39 is 5.97 Å². The molecule has 0 radical (unpaired) electrons. The Labute approximate surface area is 161 Å². The maximum absolute atomic E-state index is 12.1. The van der Waals surface area contributed by atoms with Crippen LogP contribution in [0.25, 0.3) is 10.9 Å². The van der Waals surface area contributed by atoms with Crippen molar-refractivity contribution in [3.63, 3.8) is 0 Å². The topological polar surface area (TPSA) is 101 Å². The van der Waals surface area contributed by atoms with Gasteiger partial charge in [0.25, 0.3) is 5.56 Å². The van der Waals surface area contributed by atoms with Crippen LogP contribution in [-0.2, 0) is 16.0 Å². The van der Waals surface area contributed by atoms with Gasteiger partial charge in [-0.3, -0.25) is 9.59 Å². The van der Waals surface area contributed by atoms with Crippen LogP contribution in [0.4, 0.5) is 5.69 Å². The molecule has 3 aromatic rings. The summed E-state index contributed by atoms with van der Waals surface area (Å²) in [5, 5.41) is 3.34. The summed E-state index contributed by atoms with van der Waals surface area (Å²) in [6.07, 6.45) is 1.33. The second-order valence-corrected chi connectivity index (χ2v) is 6.23. The number of H-pyrrole nitrogens is 1. The number of nitrogens with one attached hydrogen (secondary N) is 2. The molecule has 7 heteroatoms. The standard InChI is InChI=1S/C21H21N3O4/c1-2-28-21(27)14-10-12-15(13-11-14)22-19(25)9-5-8-18-23-17-7-4-3-6-16(17)20(26)24-18/h3-4,6-7,10-13H,2,5,8-9H2,1H3,(H,22,25)(H,23,24,26). The molecule has 2 aromatic carbocycles. The molecule has 7 nitrogen and oxygen atoms in total. The van der Waals surface area contributed by atoms with Crippen molar-refractivity contribution >= 4 is 28.5 Å². The number of carbonyl (C=O) groups is 2. The molecule has 0 unspecified atom stereocenters. The minimum Gasteiger partial charge on any atom is -0.462 e. The van der Waals surface area contributed by atoms with Gasteiger partial charge in [-0.25, -0.2) is 9.78 Å². The van der Waals surface area contributed by atoms with Crippen molar-refractivity contribution in [2.24, 2.45) is 0 Å². The highest BCUT2D eigenvalue weighted by molar-refractivity contribution is 5.93. The van der Waals surface area contributed by atoms with Gasteiger partial charge in [-0.2, -0.15) is 0 Å². The Morgan fingerprint density at radius 1 is 1.11 bits per heavy atom. The van der Waals surface area contributed by atoms with Gasteiger partial charge in [0, 0.05) is 18.5 Å². The molecule has 1 aromatic heterocycles. The fraction of sp³-hybridized carbons (Fsp3) is 0.238. The van der Waals surface area contributed by atoms with Gasteiger partial charge in [0.1, 0.15) is 5.82 Å². The van der Waals surface area contributed by atoms with Gasteiger partial charge < -0.3 is 15.0 Å². The van der Waals surface area contributed by atoms with E-state index in [9.17, 15) is 14.4 Å². The number of ether oxygens (including phenoxy) is 1. The largest absolute Gasteiger partial charge is 0.462 e. The van der Waals surface area contributed by atoms with E-state index >= 15 is 0 Å². The second kappa shape index (κ2) is 8.94. The summed E-state index contributed by atoms with van der Waals surface area (Å²) in [5.41, 5.74) is 1.51. The van der Waals surface area contributed by atoms with Crippen molar-refractivity contribution in [1.29, 1.82) is 0 Å². The van der Waals surface area contributed by atoms with Gasteiger partial charge in [-0.15, -0.1) is 0 Å². The van der Waals surface area contributed by atoms with Crippen molar-refractivity contribution in [3.8, 4) is 0 Å². The smallest absolute Gasteiger partial charge is 0.338 e. The van der Waals surface area contributed by atoms with Crippen molar-refractivity contribution < 1.29 is 14.3 Å². The number of esters is 1. The summed E-state index contributed by atoms with van der Waals surface area (Å²) < 4.78 is 4.92. The second-order valence-electron chi connectivity index (χ2n) is 6.23. The van der Waals surface area contributed by atoms with Crippen molar-refractivity contribution in [2.75, 3.05) is 11.9 Å². The number of para-hydroxylation sites is 1. The molecule has 28 heavy (non-hydrogen) atoms. The zero-order chi connectivity index (χ0) is 19.9. The summed E-state index contributed by atoms with van der Waals surface area (Å²) >= 11 is 0. The molecule has 0 aliphatic rings. The molecule has 3 rings (SSSR count). The molecule has 1 amide bonds. The van der Waals surface area contributed by atoms with Crippen LogP contribution in [0.15, 0.2) is 53.3 Å². The van der Waals surface area contributed by atoms with Crippen LogP contribution in [0.5, 0.6) is 0 Å². The first kappa shape index (κ1) is 19.3. The van der Waals surface area contributed by atoms with Crippen LogP contribution in [-0.4, -0.2) is 28.5 Å². The van der Waals surface area contributed by atoms with Crippen LogP contribution in [0.2, 0.25) is 0 Å². The van der Waals surface area contributed by atoms with Gasteiger partial charge in [0.2, 0.25) is 5.91 Å². The number of anilines is 1. The number of fused-ring (bicyclic) bond motifs is 1. The minimum atomic E-state index is -0.391. The van der Waals surface area contributed by atoms with Crippen molar-refractivity contribution in [1.82, 2.24) is 9.97 Å². The normalized spacial score (nSPS) is 10.6. The van der Waals surface area contributed by atoms with E-state index in [4.69, 9.17) is 4.74 Å². The Hall–Kier alpha value is -3.48. The molecule has 0 saturated carbocycles. The quantitative estimate of drug-likeness (QED) is 0.615. The lowest BCUT2D eigenvalue weighted by Crippen LogP contribution is -2.14. The molecule has 2 N–H and O–H groups in total. The number of benzene rings is 2. The zero-order valence-corrected chi connectivity index (χ0v) is 15.5. The third kappa shape index (κ3) is 4.82. The number of aromatic nitrogens is 2. The first-order chi connectivity index (χ1) is 13.6. The van der Waals surface area contributed by atoms with Crippen LogP contribution < -0.4 is 10.9 Å². The van der Waals surface area contributed by atoms with E-state index in [1.165, 1.54) is 0 Å². The zero-order valence-electron chi connectivity index (χ0n) is 15.5. The molecule has 144 valence electrons. The third-order valence-electron chi connectivity index (χ3n) is 4.16. The summed E-state index contributed by atoms with van der Waals surface area (Å²) in [7, 11) is 0. The summed E-state index contributed by atoms with van der Waals surface area (Å²) in [5.74, 6) is 0.0274. The number of amides is 1. The third-order valence-corrected chi connectivity index (χ3v) is 4.16. The molecule has 0 aliphatic carbocycles. The lowest BCUT2D eigenvalue weighted by molar-refractivity contribution is -0.116. The van der Waals surface area contributed by atoms with E-state index in [0.717, 1.165) is 0 Å². The number of aryl methyl sites for hydroxylation is 1. The lowest BCUT2D eigenvalue weighted by Gasteiger charge is -2.07. The highest BCUT2D eigenvalue weighted by Crippen LogP contribution is 2.12. The lowest BCUT2D eigenvalue weighted by atomic mass is 10.2. The number of carbonyl (C=O) groups excluding carboxylic acids is 2. The molecule has 0 spiro atoms. The number of aromatic amines is 1. The van der Waals surface area contributed by atoms with Crippen molar-refractivity contribution in [3.05, 3.63) is 70.3 Å². The van der Waals surface area contributed by atoms with Crippen LogP contribution in [0.3, 0.4) is 0 Å². The Balaban J connectivity index is 1.52. The van der Waals surface area contributed by atoms with E-state index in [2.05, 4.69) is 15.3 Å².